The van der Waals surface area contributed by atoms with Crippen molar-refractivity contribution in [3.05, 3.63) is 69.3 Å². The number of hydrogen-bond acceptors (Lipinski definition) is 0. The molecule has 25 heavy (non-hydrogen) atoms. The molecule has 2 aromatic carbocycles. The van der Waals surface area contributed by atoms with E-state index in [-0.39, 0.29) is 0 Å². The number of aryl methyl sites for hydroxylation is 3. The zero-order valence-electron chi connectivity index (χ0n) is 16.8. The molecule has 0 aliphatic heterocycles. The fraction of sp³-hybridized carbons (Fsp3) is 0.520. The summed E-state index contributed by atoms with van der Waals surface area (Å²) >= 11 is 0. The molecule has 0 amide bonds. The lowest BCUT2D eigenvalue weighted by molar-refractivity contribution is 0.348. The molecule has 1 aliphatic rings. The number of rotatable bonds is 4. The first-order chi connectivity index (χ1) is 12.0. The summed E-state index contributed by atoms with van der Waals surface area (Å²) in [7, 11) is 0. The molecule has 0 spiro atoms. The van der Waals surface area contributed by atoms with Crippen molar-refractivity contribution in [2.75, 3.05) is 0 Å². The predicted molar refractivity (Wildman–Crippen MR) is 110 cm³/mol. The minimum absolute atomic E-state index is 0.801. The van der Waals surface area contributed by atoms with Crippen LogP contribution in [0.2, 0.25) is 0 Å². The molecule has 2 aromatic rings. The molecule has 0 atom stereocenters. The van der Waals surface area contributed by atoms with Crippen LogP contribution in [-0.2, 0) is 12.8 Å². The molecule has 134 valence electrons. The Morgan fingerprint density at radius 2 is 1.40 bits per heavy atom. The van der Waals surface area contributed by atoms with Crippen LogP contribution in [-0.4, -0.2) is 0 Å². The van der Waals surface area contributed by atoms with Gasteiger partial charge in [-0.3, -0.25) is 0 Å². The molecule has 0 heterocycles. The maximum Gasteiger partial charge on any atom is -0.0162 e. The van der Waals surface area contributed by atoms with Gasteiger partial charge in [0.15, 0.2) is 0 Å². The number of benzene rings is 2. The van der Waals surface area contributed by atoms with Crippen LogP contribution in [0.3, 0.4) is 0 Å². The molecule has 0 saturated heterocycles. The van der Waals surface area contributed by atoms with Crippen LogP contribution >= 0.6 is 0 Å². The summed E-state index contributed by atoms with van der Waals surface area (Å²) in [4.78, 5) is 0. The summed E-state index contributed by atoms with van der Waals surface area (Å²) < 4.78 is 0. The molecule has 0 bridgehead atoms. The van der Waals surface area contributed by atoms with Crippen LogP contribution in [0, 0.1) is 33.6 Å². The van der Waals surface area contributed by atoms with E-state index in [1.807, 2.05) is 0 Å². The van der Waals surface area contributed by atoms with Gasteiger partial charge in [-0.2, -0.15) is 0 Å². The van der Waals surface area contributed by atoms with Crippen molar-refractivity contribution in [3.8, 4) is 0 Å². The highest BCUT2D eigenvalue weighted by atomic mass is 14.2. The third-order valence-electron chi connectivity index (χ3n) is 6.74. The first kappa shape index (κ1) is 18.2. The van der Waals surface area contributed by atoms with E-state index < -0.39 is 0 Å². The Kier molecular flexibility index (Phi) is 5.67. The van der Waals surface area contributed by atoms with E-state index >= 15 is 0 Å². The van der Waals surface area contributed by atoms with Crippen molar-refractivity contribution in [1.29, 1.82) is 0 Å². The molecule has 0 aromatic heterocycles. The van der Waals surface area contributed by atoms with Crippen molar-refractivity contribution < 1.29 is 0 Å². The van der Waals surface area contributed by atoms with Crippen molar-refractivity contribution in [2.45, 2.75) is 79.1 Å². The van der Waals surface area contributed by atoms with Gasteiger partial charge in [0.05, 0.1) is 0 Å². The topological polar surface area (TPSA) is 0 Å². The molecule has 0 nitrogen and oxygen atoms in total. The summed E-state index contributed by atoms with van der Waals surface area (Å²) in [6, 6.07) is 11.9. The van der Waals surface area contributed by atoms with Gasteiger partial charge in [-0.25, -0.2) is 0 Å². The Hall–Kier alpha value is -1.56. The van der Waals surface area contributed by atoms with Gasteiger partial charge in [-0.05, 0) is 104 Å². The average Bonchev–Trinajstić information content (AvgIpc) is 2.63. The Morgan fingerprint density at radius 1 is 0.760 bits per heavy atom. The first-order valence-electron chi connectivity index (χ1n) is 10.1. The fourth-order valence-corrected chi connectivity index (χ4v) is 4.38. The summed E-state index contributed by atoms with van der Waals surface area (Å²) in [5.74, 6) is 1.73. The standard InChI is InChI=1S/C25H34/c1-17-6-11-23(12-7-17)24-13-8-22(9-14-24)10-15-25-16-18(2)19(3)20(4)21(25)5/h8-9,13-14,16-17,23H,6-7,10-12,15H2,1-5H3. The molecular formula is C25H34. The van der Waals surface area contributed by atoms with E-state index in [1.54, 1.807) is 5.56 Å². The molecule has 3 rings (SSSR count). The van der Waals surface area contributed by atoms with Crippen LogP contribution in [0.15, 0.2) is 30.3 Å². The van der Waals surface area contributed by atoms with Crippen molar-refractivity contribution in [1.82, 2.24) is 0 Å². The number of hydrogen-bond donors (Lipinski definition) is 0. The average molecular weight is 335 g/mol. The molecular weight excluding hydrogens is 300 g/mol. The minimum Gasteiger partial charge on any atom is -0.0625 e. The van der Waals surface area contributed by atoms with E-state index in [0.29, 0.717) is 0 Å². The van der Waals surface area contributed by atoms with Gasteiger partial charge in [0, 0.05) is 0 Å². The van der Waals surface area contributed by atoms with Gasteiger partial charge in [-0.1, -0.05) is 50.1 Å². The molecule has 0 radical (unpaired) electrons. The Bertz CT molecular complexity index is 713. The van der Waals surface area contributed by atoms with E-state index in [9.17, 15) is 0 Å². The summed E-state index contributed by atoms with van der Waals surface area (Å²) in [6.45, 7) is 11.4. The third-order valence-corrected chi connectivity index (χ3v) is 6.74. The van der Waals surface area contributed by atoms with Crippen LogP contribution in [0.1, 0.15) is 77.5 Å². The quantitative estimate of drug-likeness (QED) is 0.564. The monoisotopic (exact) mass is 334 g/mol. The Morgan fingerprint density at radius 3 is 2.04 bits per heavy atom. The van der Waals surface area contributed by atoms with Crippen molar-refractivity contribution in [2.24, 2.45) is 5.92 Å². The van der Waals surface area contributed by atoms with E-state index in [0.717, 1.165) is 24.7 Å². The van der Waals surface area contributed by atoms with E-state index in [2.05, 4.69) is 65.0 Å². The minimum atomic E-state index is 0.801. The SMILES string of the molecule is Cc1cc(CCc2ccc(C3CCC(C)CC3)cc2)c(C)c(C)c1C. The zero-order chi connectivity index (χ0) is 18.0. The molecule has 0 heteroatoms. The fourth-order valence-electron chi connectivity index (χ4n) is 4.38. The maximum atomic E-state index is 2.40. The highest BCUT2D eigenvalue weighted by Crippen LogP contribution is 2.35. The smallest absolute Gasteiger partial charge is 0.0162 e. The second-order valence-electron chi connectivity index (χ2n) is 8.43. The Labute approximate surface area is 154 Å². The van der Waals surface area contributed by atoms with Gasteiger partial charge in [0.25, 0.3) is 0 Å². The predicted octanol–water partition coefficient (Wildman–Crippen LogP) is 7.00. The first-order valence-corrected chi connectivity index (χ1v) is 10.1. The molecule has 1 saturated carbocycles. The molecule has 1 fully saturated rings. The lowest BCUT2D eigenvalue weighted by atomic mass is 9.79. The maximum absolute atomic E-state index is 2.40. The molecule has 0 unspecified atom stereocenters. The largest absolute Gasteiger partial charge is 0.0625 e. The molecule has 1 aliphatic carbocycles. The van der Waals surface area contributed by atoms with Gasteiger partial charge in [0.2, 0.25) is 0 Å². The summed E-state index contributed by atoms with van der Waals surface area (Å²) in [5.41, 5.74) is 10.4. The van der Waals surface area contributed by atoms with Gasteiger partial charge in [-0.15, -0.1) is 0 Å². The van der Waals surface area contributed by atoms with Crippen molar-refractivity contribution >= 4 is 0 Å². The summed E-state index contributed by atoms with van der Waals surface area (Å²) in [5, 5.41) is 0. The van der Waals surface area contributed by atoms with Gasteiger partial charge in [0.1, 0.15) is 0 Å². The third kappa shape index (κ3) is 4.17. The Balaban J connectivity index is 1.65. The van der Waals surface area contributed by atoms with E-state index in [1.165, 1.54) is 59.1 Å². The molecule has 0 N–H and O–H groups in total. The lowest BCUT2D eigenvalue weighted by Crippen LogP contribution is -2.10. The second kappa shape index (κ2) is 7.77. The zero-order valence-corrected chi connectivity index (χ0v) is 16.8. The van der Waals surface area contributed by atoms with Crippen LogP contribution < -0.4 is 0 Å². The van der Waals surface area contributed by atoms with Gasteiger partial charge >= 0.3 is 0 Å². The normalized spacial score (nSPS) is 20.7. The second-order valence-corrected chi connectivity index (χ2v) is 8.43. The highest BCUT2D eigenvalue weighted by molar-refractivity contribution is 5.44. The van der Waals surface area contributed by atoms with Crippen LogP contribution in [0.4, 0.5) is 0 Å². The van der Waals surface area contributed by atoms with Crippen molar-refractivity contribution in [3.63, 3.8) is 0 Å². The van der Waals surface area contributed by atoms with E-state index in [4.69, 9.17) is 0 Å². The highest BCUT2D eigenvalue weighted by Gasteiger charge is 2.19. The summed E-state index contributed by atoms with van der Waals surface area (Å²) in [6.07, 6.45) is 7.84. The van der Waals surface area contributed by atoms with Crippen LogP contribution in [0.25, 0.3) is 0 Å². The van der Waals surface area contributed by atoms with Crippen LogP contribution in [0.5, 0.6) is 0 Å². The van der Waals surface area contributed by atoms with Gasteiger partial charge < -0.3 is 0 Å². The lowest BCUT2D eigenvalue weighted by Gasteiger charge is -2.26.